The van der Waals surface area contributed by atoms with Gasteiger partial charge in [0.2, 0.25) is 0 Å². The fraction of sp³-hybridized carbons (Fsp3) is 0.500. The number of aryl methyl sites for hydroxylation is 1. The van der Waals surface area contributed by atoms with Crippen LogP contribution in [0, 0.1) is 30.0 Å². The second kappa shape index (κ2) is 6.36. The van der Waals surface area contributed by atoms with Gasteiger partial charge in [-0.2, -0.15) is 5.26 Å². The average Bonchev–Trinajstić information content (AvgIpc) is 2.31. The van der Waals surface area contributed by atoms with E-state index in [1.807, 2.05) is 19.9 Å². The molecule has 0 heterocycles. The highest BCUT2D eigenvalue weighted by Gasteiger charge is 2.10. The SMILES string of the molecule is CCN(Cc1ccc(F)cc1C)CC(C)C#N. The summed E-state index contributed by atoms with van der Waals surface area (Å²) in [7, 11) is 0. The van der Waals surface area contributed by atoms with Crippen molar-refractivity contribution in [2.75, 3.05) is 13.1 Å². The summed E-state index contributed by atoms with van der Waals surface area (Å²) in [6.45, 7) is 8.32. The summed E-state index contributed by atoms with van der Waals surface area (Å²) in [5, 5.41) is 8.81. The number of hydrogen-bond donors (Lipinski definition) is 0. The number of hydrogen-bond acceptors (Lipinski definition) is 2. The van der Waals surface area contributed by atoms with Crippen LogP contribution in [0.2, 0.25) is 0 Å². The van der Waals surface area contributed by atoms with E-state index in [0.29, 0.717) is 0 Å². The molecule has 1 aromatic carbocycles. The first-order valence-electron chi connectivity index (χ1n) is 5.93. The molecule has 0 fully saturated rings. The Balaban J connectivity index is 2.71. The minimum atomic E-state index is -0.195. The van der Waals surface area contributed by atoms with Crippen LogP contribution in [-0.2, 0) is 6.54 Å². The molecule has 1 atom stereocenters. The smallest absolute Gasteiger partial charge is 0.123 e. The van der Waals surface area contributed by atoms with Gasteiger partial charge in [-0.3, -0.25) is 4.90 Å². The monoisotopic (exact) mass is 234 g/mol. The van der Waals surface area contributed by atoms with Crippen molar-refractivity contribution in [1.29, 1.82) is 5.26 Å². The lowest BCUT2D eigenvalue weighted by molar-refractivity contribution is 0.260. The summed E-state index contributed by atoms with van der Waals surface area (Å²) in [5.41, 5.74) is 2.09. The molecule has 0 aliphatic carbocycles. The van der Waals surface area contributed by atoms with E-state index >= 15 is 0 Å². The molecule has 0 spiro atoms. The van der Waals surface area contributed by atoms with Crippen LogP contribution in [0.15, 0.2) is 18.2 Å². The Bertz CT molecular complexity index is 409. The molecular weight excluding hydrogens is 215 g/mol. The van der Waals surface area contributed by atoms with Crippen molar-refractivity contribution in [2.24, 2.45) is 5.92 Å². The lowest BCUT2D eigenvalue weighted by Crippen LogP contribution is -2.27. The first kappa shape index (κ1) is 13.7. The third-order valence-electron chi connectivity index (χ3n) is 2.90. The molecule has 2 nitrogen and oxygen atoms in total. The van der Waals surface area contributed by atoms with Gasteiger partial charge in [0.25, 0.3) is 0 Å². The molecule has 0 bridgehead atoms. The summed E-state index contributed by atoms with van der Waals surface area (Å²) in [6, 6.07) is 7.10. The van der Waals surface area contributed by atoms with E-state index in [9.17, 15) is 4.39 Å². The maximum Gasteiger partial charge on any atom is 0.123 e. The van der Waals surface area contributed by atoms with Gasteiger partial charge >= 0.3 is 0 Å². The molecule has 0 N–H and O–H groups in total. The van der Waals surface area contributed by atoms with Gasteiger partial charge < -0.3 is 0 Å². The Hall–Kier alpha value is -1.40. The van der Waals surface area contributed by atoms with Crippen LogP contribution in [0.1, 0.15) is 25.0 Å². The molecule has 1 aromatic rings. The molecular formula is C14H19FN2. The third kappa shape index (κ3) is 4.16. The van der Waals surface area contributed by atoms with E-state index in [4.69, 9.17) is 5.26 Å². The summed E-state index contributed by atoms with van der Waals surface area (Å²) in [6.07, 6.45) is 0. The Morgan fingerprint density at radius 2 is 2.18 bits per heavy atom. The van der Waals surface area contributed by atoms with Crippen LogP contribution in [0.3, 0.4) is 0 Å². The van der Waals surface area contributed by atoms with Gasteiger partial charge in [-0.25, -0.2) is 4.39 Å². The number of rotatable bonds is 5. The first-order chi connectivity index (χ1) is 8.06. The van der Waals surface area contributed by atoms with Gasteiger partial charge in [-0.15, -0.1) is 0 Å². The van der Waals surface area contributed by atoms with Crippen molar-refractivity contribution in [2.45, 2.75) is 27.3 Å². The fourth-order valence-electron chi connectivity index (χ4n) is 1.81. The predicted molar refractivity (Wildman–Crippen MR) is 66.9 cm³/mol. The minimum Gasteiger partial charge on any atom is -0.298 e. The fourth-order valence-corrected chi connectivity index (χ4v) is 1.81. The Kier molecular flexibility index (Phi) is 5.11. The normalized spacial score (nSPS) is 12.5. The summed E-state index contributed by atoms with van der Waals surface area (Å²) in [4.78, 5) is 2.20. The highest BCUT2D eigenvalue weighted by molar-refractivity contribution is 5.26. The summed E-state index contributed by atoms with van der Waals surface area (Å²) < 4.78 is 13.0. The predicted octanol–water partition coefficient (Wildman–Crippen LogP) is 3.12. The maximum atomic E-state index is 13.0. The molecule has 0 amide bonds. The topological polar surface area (TPSA) is 27.0 Å². The van der Waals surface area contributed by atoms with Gasteiger partial charge in [-0.05, 0) is 43.7 Å². The quantitative estimate of drug-likeness (QED) is 0.782. The highest BCUT2D eigenvalue weighted by atomic mass is 19.1. The molecule has 0 aromatic heterocycles. The van der Waals surface area contributed by atoms with Crippen LogP contribution < -0.4 is 0 Å². The third-order valence-corrected chi connectivity index (χ3v) is 2.90. The number of nitrogens with zero attached hydrogens (tertiary/aromatic N) is 2. The van der Waals surface area contributed by atoms with Crippen LogP contribution in [0.4, 0.5) is 4.39 Å². The van der Waals surface area contributed by atoms with Gasteiger partial charge in [0.05, 0.1) is 12.0 Å². The van der Waals surface area contributed by atoms with E-state index in [1.165, 1.54) is 6.07 Å². The van der Waals surface area contributed by atoms with Gasteiger partial charge in [0.15, 0.2) is 0 Å². The Morgan fingerprint density at radius 1 is 1.47 bits per heavy atom. The molecule has 1 rings (SSSR count). The first-order valence-corrected chi connectivity index (χ1v) is 5.93. The van der Waals surface area contributed by atoms with E-state index in [1.54, 1.807) is 6.07 Å². The highest BCUT2D eigenvalue weighted by Crippen LogP contribution is 2.13. The average molecular weight is 234 g/mol. The van der Waals surface area contributed by atoms with Crippen molar-refractivity contribution < 1.29 is 4.39 Å². The van der Waals surface area contributed by atoms with E-state index in [0.717, 1.165) is 30.8 Å². The number of benzene rings is 1. The van der Waals surface area contributed by atoms with Crippen molar-refractivity contribution in [3.05, 3.63) is 35.1 Å². The largest absolute Gasteiger partial charge is 0.298 e. The lowest BCUT2D eigenvalue weighted by atomic mass is 10.1. The summed E-state index contributed by atoms with van der Waals surface area (Å²) in [5.74, 6) is -0.171. The maximum absolute atomic E-state index is 13.0. The molecule has 1 unspecified atom stereocenters. The van der Waals surface area contributed by atoms with Crippen LogP contribution in [0.25, 0.3) is 0 Å². The molecule has 0 saturated carbocycles. The lowest BCUT2D eigenvalue weighted by Gasteiger charge is -2.22. The van der Waals surface area contributed by atoms with E-state index < -0.39 is 0 Å². The standard InChI is InChI=1S/C14H19FN2/c1-4-17(9-11(2)8-16)10-13-5-6-14(15)7-12(13)3/h5-7,11H,4,9-10H2,1-3H3. The molecule has 0 saturated heterocycles. The van der Waals surface area contributed by atoms with Gasteiger partial charge in [-0.1, -0.05) is 13.0 Å². The molecule has 3 heteroatoms. The molecule has 0 radical (unpaired) electrons. The van der Waals surface area contributed by atoms with Crippen molar-refractivity contribution in [3.8, 4) is 6.07 Å². The van der Waals surface area contributed by atoms with Crippen LogP contribution in [-0.4, -0.2) is 18.0 Å². The van der Waals surface area contributed by atoms with Crippen molar-refractivity contribution in [1.82, 2.24) is 4.90 Å². The van der Waals surface area contributed by atoms with Gasteiger partial charge in [0, 0.05) is 13.1 Å². The molecule has 17 heavy (non-hydrogen) atoms. The zero-order valence-electron chi connectivity index (χ0n) is 10.7. The molecule has 0 aliphatic heterocycles. The van der Waals surface area contributed by atoms with Crippen molar-refractivity contribution in [3.63, 3.8) is 0 Å². The van der Waals surface area contributed by atoms with Gasteiger partial charge in [0.1, 0.15) is 5.82 Å². The van der Waals surface area contributed by atoms with Crippen LogP contribution in [0.5, 0.6) is 0 Å². The Labute approximate surface area is 103 Å². The van der Waals surface area contributed by atoms with Crippen LogP contribution >= 0.6 is 0 Å². The second-order valence-corrected chi connectivity index (χ2v) is 4.43. The zero-order valence-corrected chi connectivity index (χ0v) is 10.7. The number of nitriles is 1. The summed E-state index contributed by atoms with van der Waals surface area (Å²) >= 11 is 0. The molecule has 92 valence electrons. The molecule has 0 aliphatic rings. The minimum absolute atomic E-state index is 0.0238. The number of halogens is 1. The van der Waals surface area contributed by atoms with E-state index in [2.05, 4.69) is 17.9 Å². The van der Waals surface area contributed by atoms with E-state index in [-0.39, 0.29) is 11.7 Å². The Morgan fingerprint density at radius 3 is 2.71 bits per heavy atom. The second-order valence-electron chi connectivity index (χ2n) is 4.43. The zero-order chi connectivity index (χ0) is 12.8. The van der Waals surface area contributed by atoms with Crippen molar-refractivity contribution >= 4 is 0 Å².